The standard InChI is InChI=1S/C49H38F8N2O14/c50-41-26-36(68-23-1-21-48(52,53)54)14-17-39(41)46(62)72-34-10-3-30(4-11-34)7-19-44(60)70-28-32(38-16-9-33(58(64)65)25-43(38)59(66)67)29-71-45(61)20-8-31-5-12-35(13-6-31)73-47(63)40-18-15-37(27-42(40)51)69-24-2-22-49(55,56)57/h3-20,25-27,32H,1-2,21-24,28-29H2. The van der Waals surface area contributed by atoms with E-state index < -0.39 is 112 Å². The fourth-order valence-corrected chi connectivity index (χ4v) is 6.21. The number of carbonyl (C=O) groups excluding carboxylic acids is 4. The van der Waals surface area contributed by atoms with Crippen LogP contribution in [0.25, 0.3) is 12.2 Å². The van der Waals surface area contributed by atoms with Crippen molar-refractivity contribution in [2.75, 3.05) is 26.4 Å². The van der Waals surface area contributed by atoms with Gasteiger partial charge in [-0.25, -0.2) is 28.0 Å². The quantitative estimate of drug-likeness (QED) is 0.0113. The Morgan fingerprint density at radius 1 is 0.548 bits per heavy atom. The van der Waals surface area contributed by atoms with Crippen LogP contribution in [0.2, 0.25) is 0 Å². The Kier molecular flexibility index (Phi) is 19.2. The van der Waals surface area contributed by atoms with Crippen molar-refractivity contribution in [3.05, 3.63) is 175 Å². The molecule has 0 fully saturated rings. The molecule has 24 heteroatoms. The first-order chi connectivity index (χ1) is 34.5. The maximum Gasteiger partial charge on any atom is 0.389 e. The van der Waals surface area contributed by atoms with Gasteiger partial charge in [-0.15, -0.1) is 0 Å². The minimum Gasteiger partial charge on any atom is -0.493 e. The van der Waals surface area contributed by atoms with Gasteiger partial charge >= 0.3 is 36.2 Å². The van der Waals surface area contributed by atoms with E-state index in [1.54, 1.807) is 0 Å². The number of rotatable bonds is 23. The van der Waals surface area contributed by atoms with Gasteiger partial charge in [-0.05, 0) is 90.7 Å². The van der Waals surface area contributed by atoms with Crippen molar-refractivity contribution in [3.63, 3.8) is 0 Å². The Morgan fingerprint density at radius 2 is 0.959 bits per heavy atom. The Labute approximate surface area is 407 Å². The molecule has 0 radical (unpaired) electrons. The molecule has 0 saturated carbocycles. The van der Waals surface area contributed by atoms with Crippen molar-refractivity contribution in [2.45, 2.75) is 44.0 Å². The summed E-state index contributed by atoms with van der Waals surface area (Å²) in [5.74, 6) is -7.79. The highest BCUT2D eigenvalue weighted by Crippen LogP contribution is 2.32. The number of hydrogen-bond acceptors (Lipinski definition) is 14. The van der Waals surface area contributed by atoms with Gasteiger partial charge in [-0.2, -0.15) is 26.3 Å². The van der Waals surface area contributed by atoms with Crippen molar-refractivity contribution in [2.24, 2.45) is 0 Å². The second-order valence-corrected chi connectivity index (χ2v) is 15.2. The Bertz CT molecular complexity index is 2700. The molecule has 5 aromatic rings. The van der Waals surface area contributed by atoms with Crippen LogP contribution in [0.15, 0.2) is 115 Å². The number of non-ortho nitro benzene ring substituents is 1. The van der Waals surface area contributed by atoms with Crippen LogP contribution in [0.5, 0.6) is 23.0 Å². The Morgan fingerprint density at radius 3 is 1.33 bits per heavy atom. The molecule has 0 saturated heterocycles. The number of esters is 4. The zero-order chi connectivity index (χ0) is 53.3. The van der Waals surface area contributed by atoms with Gasteiger partial charge in [0.2, 0.25) is 0 Å². The van der Waals surface area contributed by atoms with Crippen LogP contribution in [-0.4, -0.2) is 72.5 Å². The van der Waals surface area contributed by atoms with E-state index >= 15 is 0 Å². The molecule has 0 unspecified atom stereocenters. The lowest BCUT2D eigenvalue weighted by Gasteiger charge is -2.17. The van der Waals surface area contributed by atoms with E-state index in [1.807, 2.05) is 0 Å². The van der Waals surface area contributed by atoms with E-state index in [0.29, 0.717) is 17.2 Å². The van der Waals surface area contributed by atoms with Crippen molar-refractivity contribution in [1.29, 1.82) is 0 Å². The first kappa shape index (κ1) is 55.2. The molecule has 0 bridgehead atoms. The molecule has 0 heterocycles. The Hall–Kier alpha value is -8.70. The Balaban J connectivity index is 1.15. The summed E-state index contributed by atoms with van der Waals surface area (Å²) in [6.45, 7) is -1.95. The van der Waals surface area contributed by atoms with Crippen LogP contribution >= 0.6 is 0 Å². The average Bonchev–Trinajstić information content (AvgIpc) is 3.33. The van der Waals surface area contributed by atoms with Gasteiger partial charge in [-0.3, -0.25) is 20.2 Å². The van der Waals surface area contributed by atoms with Gasteiger partial charge in [0.25, 0.3) is 11.4 Å². The van der Waals surface area contributed by atoms with Gasteiger partial charge in [-0.1, -0.05) is 24.3 Å². The summed E-state index contributed by atoms with van der Waals surface area (Å²) in [7, 11) is 0. The van der Waals surface area contributed by atoms with E-state index in [2.05, 4.69) is 0 Å². The first-order valence-electron chi connectivity index (χ1n) is 21.3. The molecular formula is C49H38F8N2O14. The molecule has 384 valence electrons. The molecule has 0 atom stereocenters. The third kappa shape index (κ3) is 18.2. The minimum absolute atomic E-state index is 0.0375. The molecule has 5 aromatic carbocycles. The lowest BCUT2D eigenvalue weighted by atomic mass is 9.98. The fraction of sp³-hybridized carbons (Fsp3) is 0.224. The summed E-state index contributed by atoms with van der Waals surface area (Å²) >= 11 is 0. The van der Waals surface area contributed by atoms with Crippen LogP contribution in [-0.2, 0) is 19.1 Å². The monoisotopic (exact) mass is 1030 g/mol. The molecule has 5 rings (SSSR count). The summed E-state index contributed by atoms with van der Waals surface area (Å²) in [5, 5.41) is 23.4. The van der Waals surface area contributed by atoms with Crippen LogP contribution in [0, 0.1) is 31.9 Å². The highest BCUT2D eigenvalue weighted by molar-refractivity contribution is 5.92. The highest BCUT2D eigenvalue weighted by Gasteiger charge is 2.29. The molecule has 73 heavy (non-hydrogen) atoms. The number of benzene rings is 5. The molecule has 16 nitrogen and oxygen atoms in total. The highest BCUT2D eigenvalue weighted by atomic mass is 19.4. The predicted molar refractivity (Wildman–Crippen MR) is 240 cm³/mol. The summed E-state index contributed by atoms with van der Waals surface area (Å²) in [6, 6.07) is 19.6. The van der Waals surface area contributed by atoms with Crippen molar-refractivity contribution < 1.29 is 92.6 Å². The first-order valence-corrected chi connectivity index (χ1v) is 21.3. The predicted octanol–water partition coefficient (Wildman–Crippen LogP) is 11.3. The molecule has 0 aliphatic rings. The number of nitrogens with zero attached hydrogens (tertiary/aromatic N) is 2. The number of nitro benzene ring substituents is 2. The normalized spacial score (nSPS) is 12.0. The number of nitro groups is 2. The molecule has 0 aromatic heterocycles. The van der Waals surface area contributed by atoms with E-state index in [1.165, 1.54) is 72.8 Å². The fourth-order valence-electron chi connectivity index (χ4n) is 6.21. The van der Waals surface area contributed by atoms with Crippen LogP contribution in [0.1, 0.15) is 69.0 Å². The summed E-state index contributed by atoms with van der Waals surface area (Å²) in [5.41, 5.74) is -1.81. The van der Waals surface area contributed by atoms with E-state index in [9.17, 15) is 74.5 Å². The molecule has 0 spiro atoms. The minimum atomic E-state index is -4.37. The third-order valence-corrected chi connectivity index (χ3v) is 9.79. The van der Waals surface area contributed by atoms with Crippen molar-refractivity contribution >= 4 is 47.4 Å². The third-order valence-electron chi connectivity index (χ3n) is 9.79. The van der Waals surface area contributed by atoms with Crippen LogP contribution < -0.4 is 18.9 Å². The zero-order valence-electron chi connectivity index (χ0n) is 37.5. The zero-order valence-corrected chi connectivity index (χ0v) is 37.5. The average molecular weight is 1030 g/mol. The number of ether oxygens (including phenoxy) is 6. The summed E-state index contributed by atoms with van der Waals surface area (Å²) in [6.07, 6.45) is -7.15. The number of carbonyl (C=O) groups is 4. The number of alkyl halides is 6. The summed E-state index contributed by atoms with van der Waals surface area (Å²) in [4.78, 5) is 72.4. The second-order valence-electron chi connectivity index (χ2n) is 15.2. The number of hydrogen-bond donors (Lipinski definition) is 0. The topological polar surface area (TPSA) is 210 Å². The molecule has 0 amide bonds. The number of halogens is 8. The molecule has 0 aliphatic heterocycles. The summed E-state index contributed by atoms with van der Waals surface area (Å²) < 4.78 is 134. The van der Waals surface area contributed by atoms with Crippen molar-refractivity contribution in [1.82, 2.24) is 0 Å². The smallest absolute Gasteiger partial charge is 0.389 e. The lowest BCUT2D eigenvalue weighted by Crippen LogP contribution is -2.19. The maximum absolute atomic E-state index is 14.6. The van der Waals surface area contributed by atoms with Gasteiger partial charge in [0.05, 0.1) is 46.2 Å². The van der Waals surface area contributed by atoms with E-state index in [0.717, 1.165) is 48.6 Å². The van der Waals surface area contributed by atoms with E-state index in [4.69, 9.17) is 28.4 Å². The van der Waals surface area contributed by atoms with Gasteiger partial charge in [0.1, 0.15) is 47.8 Å². The molecular weight excluding hydrogens is 993 g/mol. The SMILES string of the molecule is O=C(C=Cc1ccc(OC(=O)c2ccc(OCCCC(F)(F)F)cc2F)cc1)OCC(COC(=O)C=Cc1ccc(OC(=O)c2ccc(OCCCC(F)(F)F)cc2F)cc1)c1ccc([N+](=O)[O-])cc1[N+](=O)[O-]. The second kappa shape index (κ2) is 25.4. The van der Waals surface area contributed by atoms with Crippen LogP contribution in [0.3, 0.4) is 0 Å². The maximum atomic E-state index is 14.6. The van der Waals surface area contributed by atoms with Gasteiger partial charge < -0.3 is 28.4 Å². The van der Waals surface area contributed by atoms with Crippen LogP contribution in [0.4, 0.5) is 46.5 Å². The molecule has 0 aliphatic carbocycles. The van der Waals surface area contributed by atoms with Crippen molar-refractivity contribution in [3.8, 4) is 23.0 Å². The lowest BCUT2D eigenvalue weighted by molar-refractivity contribution is -0.394. The van der Waals surface area contributed by atoms with Gasteiger partial charge in [0.15, 0.2) is 0 Å². The molecule has 0 N–H and O–H groups in total. The van der Waals surface area contributed by atoms with E-state index in [-0.39, 0.29) is 54.6 Å². The van der Waals surface area contributed by atoms with Gasteiger partial charge in [0, 0.05) is 48.8 Å². The largest absolute Gasteiger partial charge is 0.493 e.